The molecule has 2 bridgehead atoms. The number of carboxylic acids is 1. The second-order valence-corrected chi connectivity index (χ2v) is 8.69. The lowest BCUT2D eigenvalue weighted by molar-refractivity contribution is -0.144. The molecule has 1 saturated carbocycles. The lowest BCUT2D eigenvalue weighted by Crippen LogP contribution is -2.55. The van der Waals surface area contributed by atoms with Crippen LogP contribution >= 0.6 is 0 Å². The largest absolute Gasteiger partial charge is 0.508 e. The Morgan fingerprint density at radius 3 is 2.81 bits per heavy atom. The van der Waals surface area contributed by atoms with Crippen LogP contribution in [0.1, 0.15) is 43.2 Å². The van der Waals surface area contributed by atoms with E-state index in [1.165, 1.54) is 23.3 Å². The first-order valence-electron chi connectivity index (χ1n) is 9.88. The standard InChI is InChI=1S/C21H28N2O4/c1-22(13-20(26)27)19(25)11-21-6-7-23(12-14-2-3-14)16(10-21)8-15-4-5-17(24)9-18(15)21/h4-5,9,14,16,24H,2-3,6-8,10-13H2,1H3,(H,26,27)/t16?,21-/m1/s1. The Morgan fingerprint density at radius 2 is 2.11 bits per heavy atom. The molecule has 0 spiro atoms. The maximum atomic E-state index is 12.8. The number of piperidine rings is 1. The maximum absolute atomic E-state index is 12.8. The minimum atomic E-state index is -0.998. The zero-order valence-corrected chi connectivity index (χ0v) is 15.9. The van der Waals surface area contributed by atoms with Crippen molar-refractivity contribution >= 4 is 11.9 Å². The summed E-state index contributed by atoms with van der Waals surface area (Å²) in [5.74, 6) is -0.0643. The van der Waals surface area contributed by atoms with Gasteiger partial charge in [0, 0.05) is 31.5 Å². The molecule has 6 heteroatoms. The quantitative estimate of drug-likeness (QED) is 0.798. The number of carbonyl (C=O) groups is 2. The van der Waals surface area contributed by atoms with Crippen molar-refractivity contribution in [1.29, 1.82) is 0 Å². The Hall–Kier alpha value is -2.08. The van der Waals surface area contributed by atoms with Crippen molar-refractivity contribution in [2.45, 2.75) is 50.0 Å². The molecule has 1 amide bonds. The van der Waals surface area contributed by atoms with Crippen molar-refractivity contribution in [2.75, 3.05) is 26.7 Å². The Morgan fingerprint density at radius 1 is 1.33 bits per heavy atom. The molecule has 1 aromatic rings. The summed E-state index contributed by atoms with van der Waals surface area (Å²) in [5, 5.41) is 19.1. The third-order valence-electron chi connectivity index (χ3n) is 6.62. The van der Waals surface area contributed by atoms with Crippen LogP contribution in [-0.2, 0) is 21.4 Å². The zero-order valence-electron chi connectivity index (χ0n) is 15.9. The van der Waals surface area contributed by atoms with E-state index in [0.717, 1.165) is 43.8 Å². The third-order valence-corrected chi connectivity index (χ3v) is 6.62. The highest BCUT2D eigenvalue weighted by molar-refractivity contribution is 5.82. The summed E-state index contributed by atoms with van der Waals surface area (Å²) < 4.78 is 0. The molecule has 2 N–H and O–H groups in total. The van der Waals surface area contributed by atoms with Crippen LogP contribution in [0.5, 0.6) is 5.75 Å². The van der Waals surface area contributed by atoms with Gasteiger partial charge in [-0.25, -0.2) is 0 Å². The summed E-state index contributed by atoms with van der Waals surface area (Å²) in [7, 11) is 1.55. The van der Waals surface area contributed by atoms with Gasteiger partial charge in [0.15, 0.2) is 0 Å². The van der Waals surface area contributed by atoms with Gasteiger partial charge in [-0.3, -0.25) is 14.5 Å². The van der Waals surface area contributed by atoms with Gasteiger partial charge in [-0.05, 0) is 67.8 Å². The molecule has 2 fully saturated rings. The number of carbonyl (C=O) groups excluding carboxylic acids is 1. The highest BCUT2D eigenvalue weighted by atomic mass is 16.4. The van der Waals surface area contributed by atoms with Crippen molar-refractivity contribution in [3.63, 3.8) is 0 Å². The number of rotatable bonds is 6. The van der Waals surface area contributed by atoms with Gasteiger partial charge in [-0.2, -0.15) is 0 Å². The minimum absolute atomic E-state index is 0.136. The number of likely N-dealkylation sites (tertiary alicyclic amines) is 1. The average molecular weight is 372 g/mol. The molecule has 1 unspecified atom stereocenters. The first kappa shape index (κ1) is 18.3. The molecule has 1 aliphatic heterocycles. The number of aromatic hydroxyl groups is 1. The SMILES string of the molecule is CN(CC(=O)O)C(=O)C[C@]12CCN(CC3CC3)C(Cc3ccc(O)cc31)C2. The number of phenols is 1. The van der Waals surface area contributed by atoms with E-state index in [1.807, 2.05) is 12.1 Å². The molecule has 2 atom stereocenters. The predicted molar refractivity (Wildman–Crippen MR) is 101 cm³/mol. The highest BCUT2D eigenvalue weighted by Crippen LogP contribution is 2.49. The number of phenolic OH excluding ortho intramolecular Hbond substituents is 1. The molecule has 4 rings (SSSR count). The monoisotopic (exact) mass is 372 g/mol. The number of carboxylic acid groups (broad SMARTS) is 1. The van der Waals surface area contributed by atoms with Crippen molar-refractivity contribution in [3.8, 4) is 5.75 Å². The van der Waals surface area contributed by atoms with Gasteiger partial charge < -0.3 is 15.1 Å². The van der Waals surface area contributed by atoms with Gasteiger partial charge in [-0.1, -0.05) is 6.07 Å². The summed E-state index contributed by atoms with van der Waals surface area (Å²) in [5.41, 5.74) is 2.00. The van der Waals surface area contributed by atoms with Gasteiger partial charge in [0.25, 0.3) is 0 Å². The fraction of sp³-hybridized carbons (Fsp3) is 0.619. The highest BCUT2D eigenvalue weighted by Gasteiger charge is 2.48. The molecule has 1 heterocycles. The van der Waals surface area contributed by atoms with E-state index < -0.39 is 5.97 Å². The number of fused-ring (bicyclic) bond motifs is 4. The Balaban J connectivity index is 1.61. The van der Waals surface area contributed by atoms with Gasteiger partial charge in [0.1, 0.15) is 12.3 Å². The average Bonchev–Trinajstić information content (AvgIpc) is 3.42. The van der Waals surface area contributed by atoms with Crippen molar-refractivity contribution in [3.05, 3.63) is 29.3 Å². The van der Waals surface area contributed by atoms with E-state index in [4.69, 9.17) is 5.11 Å². The molecule has 2 aliphatic carbocycles. The summed E-state index contributed by atoms with van der Waals surface area (Å²) in [4.78, 5) is 27.7. The Labute approximate surface area is 159 Å². The van der Waals surface area contributed by atoms with E-state index in [9.17, 15) is 14.7 Å². The zero-order chi connectivity index (χ0) is 19.2. The fourth-order valence-electron chi connectivity index (χ4n) is 5.00. The van der Waals surface area contributed by atoms with Crippen LogP contribution in [0.4, 0.5) is 0 Å². The summed E-state index contributed by atoms with van der Waals surface area (Å²) in [6.07, 6.45) is 5.71. The number of hydrogen-bond acceptors (Lipinski definition) is 4. The van der Waals surface area contributed by atoms with Crippen molar-refractivity contribution in [1.82, 2.24) is 9.80 Å². The van der Waals surface area contributed by atoms with E-state index in [0.29, 0.717) is 12.5 Å². The number of hydrogen-bond donors (Lipinski definition) is 2. The van der Waals surface area contributed by atoms with E-state index in [-0.39, 0.29) is 23.6 Å². The summed E-state index contributed by atoms with van der Waals surface area (Å²) >= 11 is 0. The predicted octanol–water partition coefficient (Wildman–Crippen LogP) is 1.99. The summed E-state index contributed by atoms with van der Waals surface area (Å²) in [6.45, 7) is 1.84. The Kier molecular flexibility index (Phi) is 4.62. The lowest BCUT2D eigenvalue weighted by atomic mass is 9.62. The number of aliphatic carboxylic acids is 1. The Bertz CT molecular complexity index is 761. The van der Waals surface area contributed by atoms with E-state index in [2.05, 4.69) is 4.90 Å². The lowest BCUT2D eigenvalue weighted by Gasteiger charge is -2.51. The first-order valence-corrected chi connectivity index (χ1v) is 9.88. The van der Waals surface area contributed by atoms with Gasteiger partial charge in [-0.15, -0.1) is 0 Å². The third kappa shape index (κ3) is 3.68. The van der Waals surface area contributed by atoms with Gasteiger partial charge >= 0.3 is 5.97 Å². The van der Waals surface area contributed by atoms with Crippen LogP contribution in [0.15, 0.2) is 18.2 Å². The molecule has 1 aromatic carbocycles. The van der Waals surface area contributed by atoms with Crippen molar-refractivity contribution < 1.29 is 19.8 Å². The normalized spacial score (nSPS) is 27.1. The minimum Gasteiger partial charge on any atom is -0.508 e. The number of benzene rings is 1. The van der Waals surface area contributed by atoms with Crippen LogP contribution in [0, 0.1) is 5.92 Å². The molecule has 27 heavy (non-hydrogen) atoms. The molecule has 6 nitrogen and oxygen atoms in total. The van der Waals surface area contributed by atoms with Gasteiger partial charge in [0.2, 0.25) is 5.91 Å². The molecule has 1 saturated heterocycles. The number of likely N-dealkylation sites (N-methyl/N-ethyl adjacent to an activating group) is 1. The molecule has 3 aliphatic rings. The van der Waals surface area contributed by atoms with E-state index >= 15 is 0 Å². The van der Waals surface area contributed by atoms with Gasteiger partial charge in [0.05, 0.1) is 0 Å². The molecular formula is C21H28N2O4. The van der Waals surface area contributed by atoms with Crippen LogP contribution < -0.4 is 0 Å². The van der Waals surface area contributed by atoms with Crippen LogP contribution in [0.2, 0.25) is 0 Å². The van der Waals surface area contributed by atoms with E-state index in [1.54, 1.807) is 13.1 Å². The topological polar surface area (TPSA) is 81.1 Å². The van der Waals surface area contributed by atoms with Crippen LogP contribution in [-0.4, -0.2) is 64.6 Å². The smallest absolute Gasteiger partial charge is 0.323 e. The molecular weight excluding hydrogens is 344 g/mol. The fourth-order valence-corrected chi connectivity index (χ4v) is 5.00. The summed E-state index contributed by atoms with van der Waals surface area (Å²) in [6, 6.07) is 5.98. The molecule has 146 valence electrons. The van der Waals surface area contributed by atoms with Crippen LogP contribution in [0.3, 0.4) is 0 Å². The number of nitrogens with zero attached hydrogens (tertiary/aromatic N) is 2. The van der Waals surface area contributed by atoms with Crippen molar-refractivity contribution in [2.24, 2.45) is 5.92 Å². The second kappa shape index (κ2) is 6.82. The number of amides is 1. The second-order valence-electron chi connectivity index (χ2n) is 8.69. The van der Waals surface area contributed by atoms with Crippen LogP contribution in [0.25, 0.3) is 0 Å². The first-order chi connectivity index (χ1) is 12.9. The molecule has 0 radical (unpaired) electrons. The maximum Gasteiger partial charge on any atom is 0.323 e. The molecule has 0 aromatic heterocycles.